The highest BCUT2D eigenvalue weighted by Crippen LogP contribution is 2.30. The summed E-state index contributed by atoms with van der Waals surface area (Å²) in [6.45, 7) is 8.26. The average Bonchev–Trinajstić information content (AvgIpc) is 3.76. The lowest BCUT2D eigenvalue weighted by molar-refractivity contribution is -0.153. The van der Waals surface area contributed by atoms with Gasteiger partial charge in [0.25, 0.3) is 0 Å². The maximum atomic E-state index is 12.9. The summed E-state index contributed by atoms with van der Waals surface area (Å²) in [5.41, 5.74) is 3.66. The molecule has 0 aliphatic carbocycles. The van der Waals surface area contributed by atoms with Gasteiger partial charge in [0.1, 0.15) is 12.1 Å². The second-order valence-electron chi connectivity index (χ2n) is 11.7. The van der Waals surface area contributed by atoms with Gasteiger partial charge in [-0.25, -0.2) is 9.59 Å². The number of aromatic nitrogens is 4. The van der Waals surface area contributed by atoms with E-state index in [0.717, 1.165) is 41.5 Å². The number of hydrogen-bond donors (Lipinski definition) is 4. The smallest absolute Gasteiger partial charge is 0.326 e. The number of nitrogens with zero attached hydrogens (tertiary/aromatic N) is 5. The van der Waals surface area contributed by atoms with Crippen LogP contribution in [0.5, 0.6) is 0 Å². The number of unbranched alkanes of at least 4 members (excludes halogenated alkanes) is 1. The number of thiol groups is 1. The Hall–Kier alpha value is -4.26. The molecule has 1 aliphatic rings. The van der Waals surface area contributed by atoms with Gasteiger partial charge < -0.3 is 20.0 Å². The van der Waals surface area contributed by atoms with Crippen LogP contribution in [0, 0.1) is 11.8 Å². The third kappa shape index (κ3) is 9.38. The van der Waals surface area contributed by atoms with Gasteiger partial charge in [0.2, 0.25) is 17.6 Å². The standard InChI is InChI=1S/C24H29N5O3.C9H15NO3S/c1-4-5-10-21(30)29(22(16(2)3)24(31)32)15-17-11-13-18(14-12-17)19-8-6-7-9-20(19)23-25-27-28-26-23;1-6(5-14)8(11)10-4-2-3-7(10)9(12)13/h6-9,11-14,16,22H,4-5,10,15H2,1-3H3,(H,31,32)(H,25,26,27,28);6-7,14H,2-5H2,1H3,(H,12,13)/t22-;6-,7+/m01/s1. The largest absolute Gasteiger partial charge is 0.480 e. The van der Waals surface area contributed by atoms with Crippen molar-refractivity contribution in [1.82, 2.24) is 30.4 Å². The summed E-state index contributed by atoms with van der Waals surface area (Å²) in [5, 5.41) is 32.9. The van der Waals surface area contributed by atoms with Crippen LogP contribution in [0.2, 0.25) is 0 Å². The molecular formula is C33H44N6O6S. The number of carbonyl (C=O) groups is 4. The molecule has 12 nitrogen and oxygen atoms in total. The zero-order valence-corrected chi connectivity index (χ0v) is 27.7. The fourth-order valence-electron chi connectivity index (χ4n) is 5.43. The molecule has 248 valence electrons. The van der Waals surface area contributed by atoms with Crippen molar-refractivity contribution in [1.29, 1.82) is 0 Å². The van der Waals surface area contributed by atoms with Crippen LogP contribution >= 0.6 is 12.6 Å². The van der Waals surface area contributed by atoms with Crippen LogP contribution in [-0.4, -0.2) is 88.8 Å². The molecule has 4 rings (SSSR count). The molecule has 0 unspecified atom stereocenters. The van der Waals surface area contributed by atoms with Crippen LogP contribution in [-0.2, 0) is 25.7 Å². The van der Waals surface area contributed by atoms with Crippen molar-refractivity contribution < 1.29 is 29.4 Å². The van der Waals surface area contributed by atoms with Crippen LogP contribution in [0.25, 0.3) is 22.5 Å². The van der Waals surface area contributed by atoms with E-state index in [1.807, 2.05) is 69.3 Å². The molecule has 2 amide bonds. The summed E-state index contributed by atoms with van der Waals surface area (Å²) >= 11 is 4.03. The van der Waals surface area contributed by atoms with Gasteiger partial charge in [0, 0.05) is 36.7 Å². The van der Waals surface area contributed by atoms with Crippen LogP contribution < -0.4 is 0 Å². The third-order valence-electron chi connectivity index (χ3n) is 7.93. The van der Waals surface area contributed by atoms with E-state index in [0.29, 0.717) is 31.0 Å². The molecule has 3 aromatic rings. The monoisotopic (exact) mass is 652 g/mol. The Kier molecular flexibility index (Phi) is 13.7. The van der Waals surface area contributed by atoms with Crippen LogP contribution in [0.3, 0.4) is 0 Å². The van der Waals surface area contributed by atoms with Gasteiger partial charge in [-0.05, 0) is 47.1 Å². The number of amides is 2. The number of carbonyl (C=O) groups excluding carboxylic acids is 2. The number of benzene rings is 2. The van der Waals surface area contributed by atoms with E-state index in [1.165, 1.54) is 9.80 Å². The first-order valence-electron chi connectivity index (χ1n) is 15.6. The molecule has 2 heterocycles. The highest BCUT2D eigenvalue weighted by molar-refractivity contribution is 7.80. The number of aromatic amines is 1. The number of aliphatic carboxylic acids is 2. The quantitative estimate of drug-likeness (QED) is 0.190. The van der Waals surface area contributed by atoms with Crippen molar-refractivity contribution in [3.63, 3.8) is 0 Å². The van der Waals surface area contributed by atoms with Crippen molar-refractivity contribution in [3.05, 3.63) is 54.1 Å². The summed E-state index contributed by atoms with van der Waals surface area (Å²) in [4.78, 5) is 50.3. The zero-order chi connectivity index (χ0) is 33.8. The Balaban J connectivity index is 0.000000344. The molecule has 13 heteroatoms. The SMILES string of the molecule is CCCCC(=O)N(Cc1ccc(-c2ccccc2-c2nn[nH]n2)cc1)[C@H](C(=O)O)C(C)C.C[C@H](CS)C(=O)N1CCC[C@H]1C(=O)O. The minimum atomic E-state index is -0.976. The first-order chi connectivity index (χ1) is 22.0. The molecular weight excluding hydrogens is 608 g/mol. The maximum Gasteiger partial charge on any atom is 0.326 e. The Labute approximate surface area is 275 Å². The Morgan fingerprint density at radius 2 is 1.72 bits per heavy atom. The predicted octanol–water partition coefficient (Wildman–Crippen LogP) is 4.79. The molecule has 0 bridgehead atoms. The minimum absolute atomic E-state index is 0.0927. The normalized spacial score (nSPS) is 15.5. The van der Waals surface area contributed by atoms with E-state index in [4.69, 9.17) is 5.11 Å². The Morgan fingerprint density at radius 3 is 2.26 bits per heavy atom. The van der Waals surface area contributed by atoms with E-state index in [-0.39, 0.29) is 30.2 Å². The predicted molar refractivity (Wildman–Crippen MR) is 177 cm³/mol. The van der Waals surface area contributed by atoms with Crippen LogP contribution in [0.15, 0.2) is 48.5 Å². The first kappa shape index (κ1) is 36.2. The van der Waals surface area contributed by atoms with Gasteiger partial charge in [0.15, 0.2) is 0 Å². The number of tetrazole rings is 1. The highest BCUT2D eigenvalue weighted by atomic mass is 32.1. The number of hydrogen-bond acceptors (Lipinski definition) is 8. The number of rotatable bonds is 13. The summed E-state index contributed by atoms with van der Waals surface area (Å²) in [5.74, 6) is -1.51. The molecule has 1 aromatic heterocycles. The molecule has 1 fully saturated rings. The molecule has 1 saturated heterocycles. The van der Waals surface area contributed by atoms with Crippen molar-refractivity contribution >= 4 is 36.4 Å². The fraction of sp³-hybridized carbons (Fsp3) is 0.485. The molecule has 2 aromatic carbocycles. The molecule has 3 atom stereocenters. The van der Waals surface area contributed by atoms with E-state index in [1.54, 1.807) is 6.92 Å². The van der Waals surface area contributed by atoms with Gasteiger partial charge >= 0.3 is 11.9 Å². The van der Waals surface area contributed by atoms with E-state index < -0.39 is 24.0 Å². The molecule has 0 radical (unpaired) electrons. The van der Waals surface area contributed by atoms with E-state index >= 15 is 0 Å². The first-order valence-corrected chi connectivity index (χ1v) is 16.2. The summed E-state index contributed by atoms with van der Waals surface area (Å²) in [6.07, 6.45) is 3.32. The average molecular weight is 653 g/mol. The Morgan fingerprint density at radius 1 is 1.04 bits per heavy atom. The lowest BCUT2D eigenvalue weighted by atomic mass is 9.97. The molecule has 3 N–H and O–H groups in total. The summed E-state index contributed by atoms with van der Waals surface area (Å²) in [6, 6.07) is 14.1. The third-order valence-corrected chi connectivity index (χ3v) is 8.48. The number of carboxylic acid groups (broad SMARTS) is 2. The molecule has 1 aliphatic heterocycles. The lowest BCUT2D eigenvalue weighted by Gasteiger charge is -2.32. The number of carboxylic acids is 2. The highest BCUT2D eigenvalue weighted by Gasteiger charge is 2.35. The minimum Gasteiger partial charge on any atom is -0.480 e. The van der Waals surface area contributed by atoms with Crippen molar-refractivity contribution in [3.8, 4) is 22.5 Å². The van der Waals surface area contributed by atoms with E-state index in [2.05, 4.69) is 33.3 Å². The van der Waals surface area contributed by atoms with Gasteiger partial charge in [-0.1, -0.05) is 82.6 Å². The lowest BCUT2D eigenvalue weighted by Crippen LogP contribution is -2.47. The van der Waals surface area contributed by atoms with Crippen molar-refractivity contribution in [2.24, 2.45) is 11.8 Å². The van der Waals surface area contributed by atoms with Gasteiger partial charge in [-0.2, -0.15) is 17.8 Å². The fourth-order valence-corrected chi connectivity index (χ4v) is 5.59. The number of nitrogens with one attached hydrogen (secondary N) is 1. The second kappa shape index (κ2) is 17.4. The molecule has 46 heavy (non-hydrogen) atoms. The maximum absolute atomic E-state index is 12.9. The second-order valence-corrected chi connectivity index (χ2v) is 12.1. The van der Waals surface area contributed by atoms with Gasteiger partial charge in [0.05, 0.1) is 0 Å². The van der Waals surface area contributed by atoms with Crippen molar-refractivity contribution in [2.45, 2.75) is 78.4 Å². The van der Waals surface area contributed by atoms with Crippen molar-refractivity contribution in [2.75, 3.05) is 12.3 Å². The topological polar surface area (TPSA) is 170 Å². The van der Waals surface area contributed by atoms with Gasteiger partial charge in [-0.15, -0.1) is 10.2 Å². The number of likely N-dealkylation sites (tertiary alicyclic amines) is 1. The zero-order valence-electron chi connectivity index (χ0n) is 26.8. The number of H-pyrrole nitrogens is 1. The van der Waals surface area contributed by atoms with Crippen LogP contribution in [0.4, 0.5) is 0 Å². The van der Waals surface area contributed by atoms with Gasteiger partial charge in [-0.3, -0.25) is 9.59 Å². The summed E-state index contributed by atoms with van der Waals surface area (Å²) in [7, 11) is 0. The molecule has 0 saturated carbocycles. The molecule has 0 spiro atoms. The van der Waals surface area contributed by atoms with Crippen LogP contribution in [0.1, 0.15) is 65.4 Å². The summed E-state index contributed by atoms with van der Waals surface area (Å²) < 4.78 is 0. The Bertz CT molecular complexity index is 1450. The van der Waals surface area contributed by atoms with E-state index in [9.17, 15) is 24.3 Å².